The van der Waals surface area contributed by atoms with E-state index in [-0.39, 0.29) is 0 Å². The number of hydrogen-bond donors (Lipinski definition) is 5. The van der Waals surface area contributed by atoms with Gasteiger partial charge in [-0.05, 0) is 26.3 Å². The smallest absolute Gasteiger partial charge is 0.174 e. The van der Waals surface area contributed by atoms with Gasteiger partial charge in [0, 0.05) is 13.1 Å². The van der Waals surface area contributed by atoms with Gasteiger partial charge in [-0.25, -0.2) is 0 Å². The molecule has 0 fully saturated rings. The Morgan fingerprint density at radius 2 is 1.92 bits per heavy atom. The molecule has 0 spiro atoms. The zero-order chi connectivity index (χ0) is 9.90. The van der Waals surface area contributed by atoms with E-state index >= 15 is 0 Å². The van der Waals surface area contributed by atoms with E-state index in [0.29, 0.717) is 5.11 Å². The van der Waals surface area contributed by atoms with Crippen molar-refractivity contribution in [3.8, 4) is 0 Å². The van der Waals surface area contributed by atoms with Gasteiger partial charge in [-0.3, -0.25) is 10.6 Å². The standard InChI is InChI=1S/C7H15N5S/c1-8-5-4-7(9-2,10-3)12-6(13)11-5/h4,8-10H,1-3H3,(H2,11,12,13). The monoisotopic (exact) mass is 201 g/mol. The molecule has 0 aromatic heterocycles. The van der Waals surface area contributed by atoms with E-state index in [0.717, 1.165) is 5.82 Å². The van der Waals surface area contributed by atoms with E-state index < -0.39 is 5.79 Å². The minimum atomic E-state index is -0.472. The van der Waals surface area contributed by atoms with Crippen molar-refractivity contribution in [3.05, 3.63) is 11.9 Å². The summed E-state index contributed by atoms with van der Waals surface area (Å²) in [4.78, 5) is 0. The van der Waals surface area contributed by atoms with Crippen LogP contribution in [0.1, 0.15) is 0 Å². The van der Waals surface area contributed by atoms with Gasteiger partial charge in [-0.15, -0.1) is 0 Å². The molecule has 1 heterocycles. The van der Waals surface area contributed by atoms with Crippen LogP contribution in [0.25, 0.3) is 0 Å². The molecular formula is C7H15N5S. The second kappa shape index (κ2) is 3.91. The molecule has 0 amide bonds. The molecule has 0 unspecified atom stereocenters. The highest BCUT2D eigenvalue weighted by Crippen LogP contribution is 2.03. The molecule has 0 saturated carbocycles. The van der Waals surface area contributed by atoms with Gasteiger partial charge in [0.1, 0.15) is 5.82 Å². The third-order valence-corrected chi connectivity index (χ3v) is 2.18. The minimum Gasteiger partial charge on any atom is -0.375 e. The largest absolute Gasteiger partial charge is 0.375 e. The maximum atomic E-state index is 5.05. The Bertz CT molecular complexity index is 233. The Morgan fingerprint density at radius 3 is 2.38 bits per heavy atom. The molecule has 0 bridgehead atoms. The van der Waals surface area contributed by atoms with E-state index in [1.165, 1.54) is 0 Å². The van der Waals surface area contributed by atoms with Crippen molar-refractivity contribution in [1.29, 1.82) is 0 Å². The fourth-order valence-electron chi connectivity index (χ4n) is 1.15. The van der Waals surface area contributed by atoms with Gasteiger partial charge in [-0.2, -0.15) is 0 Å². The third kappa shape index (κ3) is 2.09. The van der Waals surface area contributed by atoms with E-state index in [4.69, 9.17) is 12.2 Å². The number of thiocarbonyl (C=S) groups is 1. The summed E-state index contributed by atoms with van der Waals surface area (Å²) >= 11 is 5.05. The lowest BCUT2D eigenvalue weighted by Crippen LogP contribution is -2.69. The molecule has 0 saturated heterocycles. The predicted molar refractivity (Wildman–Crippen MR) is 56.9 cm³/mol. The van der Waals surface area contributed by atoms with Crippen LogP contribution in [0.3, 0.4) is 0 Å². The molecular weight excluding hydrogens is 186 g/mol. The minimum absolute atomic E-state index is 0.472. The third-order valence-electron chi connectivity index (χ3n) is 1.98. The first-order chi connectivity index (χ1) is 6.15. The second-order valence-corrected chi connectivity index (χ2v) is 3.10. The van der Waals surface area contributed by atoms with Crippen LogP contribution < -0.4 is 26.6 Å². The molecule has 5 N–H and O–H groups in total. The van der Waals surface area contributed by atoms with Crippen molar-refractivity contribution in [2.45, 2.75) is 5.79 Å². The molecule has 6 heteroatoms. The van der Waals surface area contributed by atoms with Gasteiger partial charge in [-0.1, -0.05) is 0 Å². The highest BCUT2D eigenvalue weighted by Gasteiger charge is 2.28. The molecule has 1 aliphatic heterocycles. The predicted octanol–water partition coefficient (Wildman–Crippen LogP) is -1.38. The molecule has 5 nitrogen and oxygen atoms in total. The first kappa shape index (κ1) is 10.2. The van der Waals surface area contributed by atoms with Gasteiger partial charge < -0.3 is 16.0 Å². The van der Waals surface area contributed by atoms with Crippen LogP contribution in [0.2, 0.25) is 0 Å². The van der Waals surface area contributed by atoms with E-state index in [1.54, 1.807) is 0 Å². The fourth-order valence-corrected chi connectivity index (χ4v) is 1.42. The Kier molecular flexibility index (Phi) is 3.07. The molecule has 13 heavy (non-hydrogen) atoms. The van der Waals surface area contributed by atoms with Gasteiger partial charge in [0.2, 0.25) is 0 Å². The molecule has 0 aromatic rings. The number of nitrogens with one attached hydrogen (secondary N) is 5. The van der Waals surface area contributed by atoms with E-state index in [9.17, 15) is 0 Å². The first-order valence-corrected chi connectivity index (χ1v) is 4.44. The van der Waals surface area contributed by atoms with Gasteiger partial charge >= 0.3 is 0 Å². The SMILES string of the molecule is CNC1=CC(NC)(NC)NC(=S)N1. The van der Waals surface area contributed by atoms with Gasteiger partial charge in [0.05, 0.1) is 0 Å². The van der Waals surface area contributed by atoms with Crippen molar-refractivity contribution in [1.82, 2.24) is 26.6 Å². The summed E-state index contributed by atoms with van der Waals surface area (Å²) in [5.74, 6) is 0.396. The van der Waals surface area contributed by atoms with Crippen LogP contribution in [0.4, 0.5) is 0 Å². The van der Waals surface area contributed by atoms with Crippen molar-refractivity contribution in [2.24, 2.45) is 0 Å². The maximum absolute atomic E-state index is 5.05. The molecule has 0 aliphatic carbocycles. The zero-order valence-electron chi connectivity index (χ0n) is 7.99. The summed E-state index contributed by atoms with van der Waals surface area (Å²) in [7, 11) is 5.53. The maximum Gasteiger partial charge on any atom is 0.174 e. The average molecular weight is 201 g/mol. The van der Waals surface area contributed by atoms with Crippen molar-refractivity contribution in [3.63, 3.8) is 0 Å². The van der Waals surface area contributed by atoms with Gasteiger partial charge in [0.25, 0.3) is 0 Å². The van der Waals surface area contributed by atoms with Crippen LogP contribution in [0.15, 0.2) is 11.9 Å². The Morgan fingerprint density at radius 1 is 1.31 bits per heavy atom. The van der Waals surface area contributed by atoms with Crippen molar-refractivity contribution >= 4 is 17.3 Å². The van der Waals surface area contributed by atoms with Crippen molar-refractivity contribution in [2.75, 3.05) is 21.1 Å². The molecule has 0 atom stereocenters. The Balaban J connectivity index is 2.90. The number of likely N-dealkylation sites (N-methyl/N-ethyl adjacent to an activating group) is 2. The quantitative estimate of drug-likeness (QED) is 0.286. The van der Waals surface area contributed by atoms with Gasteiger partial charge in [0.15, 0.2) is 10.9 Å². The summed E-state index contributed by atoms with van der Waals surface area (Å²) in [6, 6.07) is 0. The lowest BCUT2D eigenvalue weighted by atomic mass is 10.2. The highest BCUT2D eigenvalue weighted by molar-refractivity contribution is 7.80. The topological polar surface area (TPSA) is 60.1 Å². The normalized spacial score (nSPS) is 19.9. The molecule has 0 radical (unpaired) electrons. The van der Waals surface area contributed by atoms with Crippen LogP contribution in [-0.2, 0) is 0 Å². The average Bonchev–Trinajstić information content (AvgIpc) is 2.16. The number of rotatable bonds is 3. The van der Waals surface area contributed by atoms with Crippen LogP contribution in [-0.4, -0.2) is 32.0 Å². The first-order valence-electron chi connectivity index (χ1n) is 4.03. The van der Waals surface area contributed by atoms with Crippen LogP contribution in [0, 0.1) is 0 Å². The highest BCUT2D eigenvalue weighted by atomic mass is 32.1. The molecule has 1 rings (SSSR count). The summed E-state index contributed by atoms with van der Waals surface area (Å²) in [5, 5.41) is 15.8. The Labute approximate surface area is 83.3 Å². The molecule has 1 aliphatic rings. The van der Waals surface area contributed by atoms with E-state index in [1.807, 2.05) is 27.2 Å². The summed E-state index contributed by atoms with van der Waals surface area (Å²) in [6.45, 7) is 0. The second-order valence-electron chi connectivity index (χ2n) is 2.70. The lowest BCUT2D eigenvalue weighted by molar-refractivity contribution is 0.334. The fraction of sp³-hybridized carbons (Fsp3) is 0.571. The van der Waals surface area contributed by atoms with E-state index in [2.05, 4.69) is 26.6 Å². The molecule has 74 valence electrons. The summed E-state index contributed by atoms with van der Waals surface area (Å²) < 4.78 is 0. The van der Waals surface area contributed by atoms with Crippen LogP contribution in [0.5, 0.6) is 0 Å². The molecule has 0 aromatic carbocycles. The Hall–Kier alpha value is -0.850. The summed E-state index contributed by atoms with van der Waals surface area (Å²) in [5.41, 5.74) is 0. The summed E-state index contributed by atoms with van der Waals surface area (Å²) in [6.07, 6.45) is 1.95. The lowest BCUT2D eigenvalue weighted by Gasteiger charge is -2.36. The van der Waals surface area contributed by atoms with Crippen molar-refractivity contribution < 1.29 is 0 Å². The number of hydrogen-bond acceptors (Lipinski definition) is 4. The zero-order valence-corrected chi connectivity index (χ0v) is 8.80. The van der Waals surface area contributed by atoms with Crippen LogP contribution >= 0.6 is 12.2 Å².